The molecule has 3 aliphatic rings. The number of nitrogens with two attached hydrogens (primary N) is 1. The number of rotatable bonds is 6. The lowest BCUT2D eigenvalue weighted by atomic mass is 9.63. The molecule has 2 bridgehead atoms. The summed E-state index contributed by atoms with van der Waals surface area (Å²) in [6.07, 6.45) is 14.2. The van der Waals surface area contributed by atoms with Crippen molar-refractivity contribution in [2.75, 3.05) is 25.4 Å². The summed E-state index contributed by atoms with van der Waals surface area (Å²) in [5, 5.41) is 9.85. The molecule has 26 heavy (non-hydrogen) atoms. The number of hydrogen-bond donors (Lipinski definition) is 2. The summed E-state index contributed by atoms with van der Waals surface area (Å²) >= 11 is 0. The van der Waals surface area contributed by atoms with Crippen LogP contribution in [0.2, 0.25) is 0 Å². The molecule has 1 heterocycles. The van der Waals surface area contributed by atoms with Gasteiger partial charge in [-0.1, -0.05) is 31.4 Å². The first-order valence-corrected chi connectivity index (χ1v) is 10.9. The Kier molecular flexibility index (Phi) is 5.29. The Bertz CT molecular complexity index is 610. The van der Waals surface area contributed by atoms with Gasteiger partial charge in [-0.3, -0.25) is 0 Å². The topological polar surface area (TPSA) is 49.5 Å². The van der Waals surface area contributed by atoms with Crippen LogP contribution in [0.4, 0.5) is 5.69 Å². The highest BCUT2D eigenvalue weighted by molar-refractivity contribution is 5.44. The van der Waals surface area contributed by atoms with Crippen molar-refractivity contribution in [1.82, 2.24) is 4.90 Å². The summed E-state index contributed by atoms with van der Waals surface area (Å²) < 4.78 is 0. The van der Waals surface area contributed by atoms with Gasteiger partial charge in [0.25, 0.3) is 0 Å². The predicted octanol–water partition coefficient (Wildman–Crippen LogP) is 4.49. The number of nitrogens with zero attached hydrogens (tertiary/aromatic N) is 1. The maximum absolute atomic E-state index is 9.85. The first-order chi connectivity index (χ1) is 12.6. The highest BCUT2D eigenvalue weighted by Crippen LogP contribution is 2.47. The van der Waals surface area contributed by atoms with E-state index in [0.29, 0.717) is 12.0 Å². The second kappa shape index (κ2) is 7.52. The molecular weight excluding hydrogens is 320 g/mol. The van der Waals surface area contributed by atoms with Crippen LogP contribution in [0.3, 0.4) is 0 Å². The van der Waals surface area contributed by atoms with Gasteiger partial charge in [0, 0.05) is 18.3 Å². The lowest BCUT2D eigenvalue weighted by Crippen LogP contribution is -2.52. The lowest BCUT2D eigenvalue weighted by molar-refractivity contribution is 0.0441. The second-order valence-corrected chi connectivity index (χ2v) is 9.41. The standard InChI is InChI=1S/C23H36N2O/c24-20-7-3-6-19(16-20)23-12-4-8-21(17-23)25(15-13-23)14-5-11-22(18-26)9-1-2-10-22/h3,6-7,16,21,26H,1-2,4-5,8-15,17-18,24H2. The Balaban J connectivity index is 1.37. The van der Waals surface area contributed by atoms with Crippen molar-refractivity contribution >= 4 is 5.69 Å². The third-order valence-corrected chi connectivity index (χ3v) is 7.86. The van der Waals surface area contributed by atoms with Gasteiger partial charge < -0.3 is 15.7 Å². The van der Waals surface area contributed by atoms with Crippen LogP contribution in [-0.2, 0) is 5.41 Å². The monoisotopic (exact) mass is 356 g/mol. The van der Waals surface area contributed by atoms with Gasteiger partial charge in [-0.15, -0.1) is 0 Å². The van der Waals surface area contributed by atoms with Crippen molar-refractivity contribution in [2.45, 2.75) is 82.1 Å². The summed E-state index contributed by atoms with van der Waals surface area (Å²) in [6.45, 7) is 2.85. The number of piperidine rings is 1. The maximum atomic E-state index is 9.85. The Morgan fingerprint density at radius 2 is 1.96 bits per heavy atom. The molecule has 144 valence electrons. The van der Waals surface area contributed by atoms with Gasteiger partial charge >= 0.3 is 0 Å². The highest BCUT2D eigenvalue weighted by atomic mass is 16.3. The van der Waals surface area contributed by atoms with Crippen LogP contribution >= 0.6 is 0 Å². The number of hydrogen-bond acceptors (Lipinski definition) is 3. The van der Waals surface area contributed by atoms with Gasteiger partial charge in [0.2, 0.25) is 0 Å². The van der Waals surface area contributed by atoms with E-state index in [9.17, 15) is 5.11 Å². The van der Waals surface area contributed by atoms with Crippen LogP contribution in [0.1, 0.15) is 76.2 Å². The number of benzene rings is 1. The zero-order valence-electron chi connectivity index (χ0n) is 16.3. The van der Waals surface area contributed by atoms with Crippen LogP contribution in [0, 0.1) is 5.41 Å². The van der Waals surface area contributed by atoms with Gasteiger partial charge in [-0.2, -0.15) is 0 Å². The normalized spacial score (nSPS) is 31.2. The number of fused-ring (bicyclic) bond motifs is 2. The van der Waals surface area contributed by atoms with Gasteiger partial charge in [-0.25, -0.2) is 0 Å². The van der Waals surface area contributed by atoms with Crippen molar-refractivity contribution in [1.29, 1.82) is 0 Å². The Labute approximate surface area is 159 Å². The zero-order chi connectivity index (χ0) is 18.0. The van der Waals surface area contributed by atoms with E-state index in [1.165, 1.54) is 89.3 Å². The molecule has 3 nitrogen and oxygen atoms in total. The first-order valence-electron chi connectivity index (χ1n) is 10.9. The van der Waals surface area contributed by atoms with E-state index in [-0.39, 0.29) is 5.41 Å². The van der Waals surface area contributed by atoms with Gasteiger partial charge in [0.15, 0.2) is 0 Å². The molecule has 3 fully saturated rings. The minimum Gasteiger partial charge on any atom is -0.399 e. The molecule has 3 N–H and O–H groups in total. The van der Waals surface area contributed by atoms with E-state index >= 15 is 0 Å². The van der Waals surface area contributed by atoms with E-state index in [4.69, 9.17) is 5.73 Å². The maximum Gasteiger partial charge on any atom is 0.0487 e. The van der Waals surface area contributed by atoms with Crippen LogP contribution < -0.4 is 5.73 Å². The fourth-order valence-electron chi connectivity index (χ4n) is 6.25. The van der Waals surface area contributed by atoms with Crippen molar-refractivity contribution in [3.63, 3.8) is 0 Å². The number of aliphatic hydroxyl groups is 1. The van der Waals surface area contributed by atoms with Crippen LogP contribution in [-0.4, -0.2) is 35.7 Å². The Morgan fingerprint density at radius 1 is 1.12 bits per heavy atom. The highest BCUT2D eigenvalue weighted by Gasteiger charge is 2.43. The van der Waals surface area contributed by atoms with Crippen molar-refractivity contribution in [3.8, 4) is 0 Å². The van der Waals surface area contributed by atoms with Crippen molar-refractivity contribution in [2.24, 2.45) is 5.41 Å². The molecule has 0 spiro atoms. The van der Waals surface area contributed by atoms with Crippen LogP contribution in [0.5, 0.6) is 0 Å². The number of aliphatic hydroxyl groups excluding tert-OH is 1. The van der Waals surface area contributed by atoms with Gasteiger partial charge in [0.1, 0.15) is 0 Å². The molecular formula is C23H36N2O. The fourth-order valence-corrected chi connectivity index (χ4v) is 6.25. The molecule has 0 aromatic heterocycles. The molecule has 2 aliphatic carbocycles. The SMILES string of the molecule is Nc1cccc(C23CCCC(C2)N(CCCC2(CO)CCCC2)CC3)c1. The number of likely N-dealkylation sites (tertiary alicyclic amines) is 1. The Morgan fingerprint density at radius 3 is 2.73 bits per heavy atom. The number of anilines is 1. The third-order valence-electron chi connectivity index (χ3n) is 7.86. The molecule has 1 aromatic rings. The van der Waals surface area contributed by atoms with Gasteiger partial charge in [0.05, 0.1) is 0 Å². The summed E-state index contributed by atoms with van der Waals surface area (Å²) in [7, 11) is 0. The molecule has 0 amide bonds. The van der Waals surface area contributed by atoms with Crippen LogP contribution in [0.25, 0.3) is 0 Å². The lowest BCUT2D eigenvalue weighted by Gasteiger charge is -2.51. The minimum atomic E-state index is 0.258. The third kappa shape index (κ3) is 3.53. The van der Waals surface area contributed by atoms with Crippen molar-refractivity contribution < 1.29 is 5.11 Å². The second-order valence-electron chi connectivity index (χ2n) is 9.41. The summed E-state index contributed by atoms with van der Waals surface area (Å²) in [6, 6.07) is 9.41. The quantitative estimate of drug-likeness (QED) is 0.739. The molecule has 2 unspecified atom stereocenters. The van der Waals surface area contributed by atoms with E-state index in [0.717, 1.165) is 11.7 Å². The molecule has 1 aliphatic heterocycles. The molecule has 2 saturated carbocycles. The minimum absolute atomic E-state index is 0.258. The molecule has 3 heteroatoms. The number of nitrogen functional groups attached to an aromatic ring is 1. The predicted molar refractivity (Wildman–Crippen MR) is 108 cm³/mol. The first kappa shape index (κ1) is 18.3. The molecule has 2 atom stereocenters. The fraction of sp³-hybridized carbons (Fsp3) is 0.739. The average Bonchev–Trinajstić information content (AvgIpc) is 3.13. The summed E-state index contributed by atoms with van der Waals surface area (Å²) in [4.78, 5) is 2.77. The summed E-state index contributed by atoms with van der Waals surface area (Å²) in [5.41, 5.74) is 9.09. The van der Waals surface area contributed by atoms with Crippen molar-refractivity contribution in [3.05, 3.63) is 29.8 Å². The summed E-state index contributed by atoms with van der Waals surface area (Å²) in [5.74, 6) is 0. The van der Waals surface area contributed by atoms with E-state index in [1.54, 1.807) is 0 Å². The molecule has 1 aromatic carbocycles. The van der Waals surface area contributed by atoms with E-state index in [1.807, 2.05) is 6.07 Å². The molecule has 1 saturated heterocycles. The van der Waals surface area contributed by atoms with E-state index < -0.39 is 0 Å². The zero-order valence-corrected chi connectivity index (χ0v) is 16.3. The van der Waals surface area contributed by atoms with Gasteiger partial charge in [-0.05, 0) is 93.0 Å². The smallest absolute Gasteiger partial charge is 0.0487 e. The van der Waals surface area contributed by atoms with Crippen LogP contribution in [0.15, 0.2) is 24.3 Å². The average molecular weight is 357 g/mol. The largest absolute Gasteiger partial charge is 0.399 e. The Hall–Kier alpha value is -1.06. The molecule has 4 rings (SSSR count). The van der Waals surface area contributed by atoms with E-state index in [2.05, 4.69) is 23.1 Å². The molecule has 0 radical (unpaired) electrons.